The number of nitriles is 1. The SMILES string of the molecule is C=CCNC(=O)c1ccccc1NC(=O)CC#N. The van der Waals surface area contributed by atoms with Gasteiger partial charge in [-0.25, -0.2) is 0 Å². The topological polar surface area (TPSA) is 82.0 Å². The third-order valence-corrected chi connectivity index (χ3v) is 2.09. The molecule has 0 aliphatic carbocycles. The van der Waals surface area contributed by atoms with Crippen LogP contribution in [0, 0.1) is 11.3 Å². The van der Waals surface area contributed by atoms with Crippen LogP contribution in [0.3, 0.4) is 0 Å². The first-order valence-electron chi connectivity index (χ1n) is 5.34. The molecule has 5 heteroatoms. The van der Waals surface area contributed by atoms with Crippen LogP contribution in [0.2, 0.25) is 0 Å². The number of nitrogens with one attached hydrogen (secondary N) is 2. The van der Waals surface area contributed by atoms with Crippen LogP contribution in [0.4, 0.5) is 5.69 Å². The average Bonchev–Trinajstić information content (AvgIpc) is 2.37. The number of amides is 2. The van der Waals surface area contributed by atoms with Crippen LogP contribution in [0.5, 0.6) is 0 Å². The van der Waals surface area contributed by atoms with Crippen molar-refractivity contribution in [1.29, 1.82) is 5.26 Å². The third-order valence-electron chi connectivity index (χ3n) is 2.09. The first-order valence-corrected chi connectivity index (χ1v) is 5.34. The summed E-state index contributed by atoms with van der Waals surface area (Å²) in [5, 5.41) is 13.5. The molecule has 2 amide bonds. The summed E-state index contributed by atoms with van der Waals surface area (Å²) < 4.78 is 0. The van der Waals surface area contributed by atoms with E-state index in [0.29, 0.717) is 17.8 Å². The summed E-state index contributed by atoms with van der Waals surface area (Å²) in [7, 11) is 0. The fourth-order valence-electron chi connectivity index (χ4n) is 1.32. The Balaban J connectivity index is 2.85. The average molecular weight is 243 g/mol. The van der Waals surface area contributed by atoms with Crippen molar-refractivity contribution in [2.75, 3.05) is 11.9 Å². The van der Waals surface area contributed by atoms with Gasteiger partial charge in [0.15, 0.2) is 0 Å². The van der Waals surface area contributed by atoms with Crippen LogP contribution in [0.1, 0.15) is 16.8 Å². The van der Waals surface area contributed by atoms with E-state index in [-0.39, 0.29) is 12.3 Å². The molecule has 1 aromatic carbocycles. The van der Waals surface area contributed by atoms with Gasteiger partial charge in [0.05, 0.1) is 17.3 Å². The summed E-state index contributed by atoms with van der Waals surface area (Å²) >= 11 is 0. The first kappa shape index (κ1) is 13.5. The zero-order valence-electron chi connectivity index (χ0n) is 9.77. The van der Waals surface area contributed by atoms with E-state index in [1.165, 1.54) is 0 Å². The zero-order chi connectivity index (χ0) is 13.4. The number of carbonyl (C=O) groups excluding carboxylic acids is 2. The number of benzene rings is 1. The molecule has 0 saturated heterocycles. The quantitative estimate of drug-likeness (QED) is 0.768. The van der Waals surface area contributed by atoms with E-state index >= 15 is 0 Å². The highest BCUT2D eigenvalue weighted by Gasteiger charge is 2.11. The first-order chi connectivity index (χ1) is 8.69. The predicted molar refractivity (Wildman–Crippen MR) is 67.8 cm³/mol. The van der Waals surface area contributed by atoms with Crippen molar-refractivity contribution in [3.05, 3.63) is 42.5 Å². The molecule has 0 aliphatic heterocycles. The zero-order valence-corrected chi connectivity index (χ0v) is 9.77. The van der Waals surface area contributed by atoms with E-state index in [1.807, 2.05) is 0 Å². The van der Waals surface area contributed by atoms with E-state index in [1.54, 1.807) is 36.4 Å². The summed E-state index contributed by atoms with van der Waals surface area (Å²) in [4.78, 5) is 23.1. The van der Waals surface area contributed by atoms with Crippen LogP contribution >= 0.6 is 0 Å². The van der Waals surface area contributed by atoms with Crippen molar-refractivity contribution in [3.63, 3.8) is 0 Å². The Morgan fingerprint density at radius 3 is 2.78 bits per heavy atom. The minimum absolute atomic E-state index is 0.247. The molecular weight excluding hydrogens is 230 g/mol. The van der Waals surface area contributed by atoms with Gasteiger partial charge in [0, 0.05) is 6.54 Å². The number of hydrogen-bond donors (Lipinski definition) is 2. The van der Waals surface area contributed by atoms with E-state index in [9.17, 15) is 9.59 Å². The van der Waals surface area contributed by atoms with Gasteiger partial charge in [-0.3, -0.25) is 9.59 Å². The Morgan fingerprint density at radius 1 is 1.39 bits per heavy atom. The molecule has 0 aromatic heterocycles. The molecule has 0 heterocycles. The molecule has 0 aliphatic rings. The molecule has 0 fully saturated rings. The van der Waals surface area contributed by atoms with Crippen molar-refractivity contribution in [2.24, 2.45) is 0 Å². The molecule has 0 spiro atoms. The van der Waals surface area contributed by atoms with Crippen LogP contribution in [-0.4, -0.2) is 18.4 Å². The molecule has 0 atom stereocenters. The van der Waals surface area contributed by atoms with Gasteiger partial charge in [-0.1, -0.05) is 18.2 Å². The van der Waals surface area contributed by atoms with Crippen molar-refractivity contribution >= 4 is 17.5 Å². The second-order valence-electron chi connectivity index (χ2n) is 3.43. The van der Waals surface area contributed by atoms with E-state index < -0.39 is 5.91 Å². The van der Waals surface area contributed by atoms with Gasteiger partial charge < -0.3 is 10.6 Å². The molecule has 1 rings (SSSR count). The van der Waals surface area contributed by atoms with E-state index in [4.69, 9.17) is 5.26 Å². The molecule has 5 nitrogen and oxygen atoms in total. The summed E-state index contributed by atoms with van der Waals surface area (Å²) in [6.45, 7) is 3.85. The number of hydrogen-bond acceptors (Lipinski definition) is 3. The molecule has 0 saturated carbocycles. The summed E-state index contributed by atoms with van der Waals surface area (Å²) in [5.74, 6) is -0.746. The van der Waals surface area contributed by atoms with Crippen LogP contribution in [-0.2, 0) is 4.79 Å². The summed E-state index contributed by atoms with van der Waals surface area (Å²) in [6.07, 6.45) is 1.32. The Kier molecular flexibility index (Phi) is 5.13. The van der Waals surface area contributed by atoms with Gasteiger partial charge in [0.2, 0.25) is 5.91 Å². The lowest BCUT2D eigenvalue weighted by atomic mass is 10.1. The fraction of sp³-hybridized carbons (Fsp3) is 0.154. The number of para-hydroxylation sites is 1. The van der Waals surface area contributed by atoms with Crippen molar-refractivity contribution in [1.82, 2.24) is 5.32 Å². The second-order valence-corrected chi connectivity index (χ2v) is 3.43. The predicted octanol–water partition coefficient (Wildman–Crippen LogP) is 1.45. The maximum absolute atomic E-state index is 11.8. The van der Waals surface area contributed by atoms with Crippen molar-refractivity contribution in [3.8, 4) is 6.07 Å². The molecule has 0 unspecified atom stereocenters. The third kappa shape index (κ3) is 3.76. The fourth-order valence-corrected chi connectivity index (χ4v) is 1.32. The van der Waals surface area contributed by atoms with E-state index in [2.05, 4.69) is 17.2 Å². The number of carbonyl (C=O) groups is 2. The Labute approximate surface area is 105 Å². The lowest BCUT2D eigenvalue weighted by Gasteiger charge is -2.09. The lowest BCUT2D eigenvalue weighted by Crippen LogP contribution is -2.25. The highest BCUT2D eigenvalue weighted by molar-refractivity contribution is 6.04. The highest BCUT2D eigenvalue weighted by atomic mass is 16.2. The lowest BCUT2D eigenvalue weighted by molar-refractivity contribution is -0.115. The Hall–Kier alpha value is -2.61. The largest absolute Gasteiger partial charge is 0.349 e. The standard InChI is InChI=1S/C13H13N3O2/c1-2-9-15-13(18)10-5-3-4-6-11(10)16-12(17)7-8-14/h2-6H,1,7,9H2,(H,15,18)(H,16,17). The van der Waals surface area contributed by atoms with Crippen LogP contribution in [0.15, 0.2) is 36.9 Å². The minimum atomic E-state index is -0.443. The monoisotopic (exact) mass is 243 g/mol. The van der Waals surface area contributed by atoms with Gasteiger partial charge in [-0.15, -0.1) is 6.58 Å². The van der Waals surface area contributed by atoms with Gasteiger partial charge in [0.25, 0.3) is 5.91 Å². The Bertz CT molecular complexity index is 503. The molecular formula is C13H13N3O2. The molecule has 1 aromatic rings. The van der Waals surface area contributed by atoms with Crippen LogP contribution in [0.25, 0.3) is 0 Å². The molecule has 18 heavy (non-hydrogen) atoms. The number of rotatable bonds is 5. The number of anilines is 1. The minimum Gasteiger partial charge on any atom is -0.349 e. The maximum atomic E-state index is 11.8. The summed E-state index contributed by atoms with van der Waals surface area (Å²) in [5.41, 5.74) is 0.741. The van der Waals surface area contributed by atoms with Gasteiger partial charge >= 0.3 is 0 Å². The van der Waals surface area contributed by atoms with Gasteiger partial charge in [0.1, 0.15) is 6.42 Å². The number of nitrogens with zero attached hydrogens (tertiary/aromatic N) is 1. The summed E-state index contributed by atoms with van der Waals surface area (Å²) in [6, 6.07) is 8.35. The Morgan fingerprint density at radius 2 is 2.11 bits per heavy atom. The van der Waals surface area contributed by atoms with Gasteiger partial charge in [-0.2, -0.15) is 5.26 Å². The second kappa shape index (κ2) is 6.86. The molecule has 2 N–H and O–H groups in total. The van der Waals surface area contributed by atoms with Crippen LogP contribution < -0.4 is 10.6 Å². The van der Waals surface area contributed by atoms with Crippen molar-refractivity contribution in [2.45, 2.75) is 6.42 Å². The van der Waals surface area contributed by atoms with E-state index in [0.717, 1.165) is 0 Å². The smallest absolute Gasteiger partial charge is 0.253 e. The highest BCUT2D eigenvalue weighted by Crippen LogP contribution is 2.15. The molecule has 92 valence electrons. The maximum Gasteiger partial charge on any atom is 0.253 e. The molecule has 0 radical (unpaired) electrons. The van der Waals surface area contributed by atoms with Gasteiger partial charge in [-0.05, 0) is 12.1 Å². The van der Waals surface area contributed by atoms with Crippen molar-refractivity contribution < 1.29 is 9.59 Å². The normalized spacial score (nSPS) is 9.06. The molecule has 0 bridgehead atoms.